The molecule has 0 bridgehead atoms. The van der Waals surface area contributed by atoms with E-state index in [9.17, 15) is 13.2 Å². The summed E-state index contributed by atoms with van der Waals surface area (Å²) < 4.78 is 67.8. The summed E-state index contributed by atoms with van der Waals surface area (Å²) in [5.41, 5.74) is 4.57. The highest BCUT2D eigenvalue weighted by Crippen LogP contribution is 2.30. The minimum Gasteiger partial charge on any atom is -0.325 e. The van der Waals surface area contributed by atoms with Crippen molar-refractivity contribution in [1.29, 1.82) is 0 Å². The van der Waals surface area contributed by atoms with Gasteiger partial charge in [-0.3, -0.25) is 14.1 Å². The fraction of sp³-hybridized carbons (Fsp3) is 0.286. The van der Waals surface area contributed by atoms with Gasteiger partial charge in [-0.05, 0) is 6.07 Å². The van der Waals surface area contributed by atoms with Gasteiger partial charge in [-0.1, -0.05) is 11.6 Å². The van der Waals surface area contributed by atoms with Gasteiger partial charge in [0, 0.05) is 12.7 Å². The molecule has 0 radical (unpaired) electrons. The van der Waals surface area contributed by atoms with Gasteiger partial charge >= 0.3 is 16.6 Å². The standard InChI is InChI=1S/C7H6ClF3N2.H2O4S/c8-5-1-4(7(9,10)11)3-13-6(5)2-12;1-5(2,3)4/h1,3H,2,12H2;(H2,1,2,3,4). The van der Waals surface area contributed by atoms with Gasteiger partial charge in [-0.15, -0.1) is 0 Å². The Hall–Kier alpha value is -0.940. The molecule has 0 aliphatic rings. The van der Waals surface area contributed by atoms with Crippen molar-refractivity contribution in [1.82, 2.24) is 4.98 Å². The highest BCUT2D eigenvalue weighted by molar-refractivity contribution is 7.79. The molecule has 0 aliphatic carbocycles. The molecule has 0 spiro atoms. The number of halogens is 4. The predicted molar refractivity (Wildman–Crippen MR) is 56.3 cm³/mol. The van der Waals surface area contributed by atoms with Crippen LogP contribution in [0.3, 0.4) is 0 Å². The molecule has 11 heteroatoms. The zero-order chi connectivity index (χ0) is 14.6. The van der Waals surface area contributed by atoms with Crippen LogP contribution in [0.25, 0.3) is 0 Å². The lowest BCUT2D eigenvalue weighted by Crippen LogP contribution is -2.08. The SMILES string of the molecule is NCc1ncc(C(F)(F)F)cc1Cl.O=S(=O)(O)O. The third-order valence-corrected chi connectivity index (χ3v) is 1.77. The van der Waals surface area contributed by atoms with Gasteiger partial charge in [0.1, 0.15) is 0 Å². The van der Waals surface area contributed by atoms with Crippen LogP contribution in [0.4, 0.5) is 13.2 Å². The van der Waals surface area contributed by atoms with Crippen molar-refractivity contribution in [3.8, 4) is 0 Å². The minimum absolute atomic E-state index is 0.0248. The Labute approximate surface area is 105 Å². The van der Waals surface area contributed by atoms with E-state index in [0.717, 1.165) is 6.07 Å². The fourth-order valence-electron chi connectivity index (χ4n) is 0.771. The summed E-state index contributed by atoms with van der Waals surface area (Å²) in [6, 6.07) is 0.816. The average molecular weight is 309 g/mol. The number of rotatable bonds is 1. The largest absolute Gasteiger partial charge is 0.417 e. The molecular weight excluding hydrogens is 301 g/mol. The van der Waals surface area contributed by atoms with Crippen LogP contribution >= 0.6 is 11.6 Å². The van der Waals surface area contributed by atoms with Crippen LogP contribution in [0.2, 0.25) is 5.02 Å². The van der Waals surface area contributed by atoms with Crippen LogP contribution in [-0.2, 0) is 23.1 Å². The highest BCUT2D eigenvalue weighted by Gasteiger charge is 2.31. The first-order chi connectivity index (χ1) is 7.95. The number of nitrogens with two attached hydrogens (primary N) is 1. The molecule has 18 heavy (non-hydrogen) atoms. The smallest absolute Gasteiger partial charge is 0.325 e. The molecule has 0 amide bonds. The molecule has 0 saturated heterocycles. The van der Waals surface area contributed by atoms with Crippen molar-refractivity contribution >= 4 is 22.0 Å². The average Bonchev–Trinajstić information content (AvgIpc) is 2.13. The monoisotopic (exact) mass is 308 g/mol. The Morgan fingerprint density at radius 2 is 1.83 bits per heavy atom. The second-order valence-corrected chi connectivity index (χ2v) is 4.11. The normalized spacial score (nSPS) is 11.7. The Morgan fingerprint density at radius 3 is 2.11 bits per heavy atom. The first kappa shape index (κ1) is 17.1. The van der Waals surface area contributed by atoms with E-state index in [1.54, 1.807) is 0 Å². The molecule has 0 aromatic carbocycles. The van der Waals surface area contributed by atoms with Crippen LogP contribution in [-0.4, -0.2) is 22.5 Å². The lowest BCUT2D eigenvalue weighted by Gasteiger charge is -2.07. The third kappa shape index (κ3) is 7.40. The molecule has 0 atom stereocenters. The van der Waals surface area contributed by atoms with Crippen molar-refractivity contribution in [3.63, 3.8) is 0 Å². The van der Waals surface area contributed by atoms with E-state index in [0.29, 0.717) is 6.20 Å². The summed E-state index contributed by atoms with van der Waals surface area (Å²) in [6.07, 6.45) is -3.70. The fourth-order valence-corrected chi connectivity index (χ4v) is 1.01. The van der Waals surface area contributed by atoms with E-state index in [4.69, 9.17) is 34.9 Å². The summed E-state index contributed by atoms with van der Waals surface area (Å²) in [5.74, 6) is 0. The Bertz CT molecular complexity index is 498. The van der Waals surface area contributed by atoms with Crippen molar-refractivity contribution in [2.75, 3.05) is 0 Å². The van der Waals surface area contributed by atoms with Crippen LogP contribution in [0.15, 0.2) is 12.3 Å². The van der Waals surface area contributed by atoms with Crippen molar-refractivity contribution < 1.29 is 30.7 Å². The van der Waals surface area contributed by atoms with Crippen LogP contribution < -0.4 is 5.73 Å². The van der Waals surface area contributed by atoms with E-state index in [1.165, 1.54) is 0 Å². The molecule has 0 fully saturated rings. The molecule has 1 rings (SSSR count). The quantitative estimate of drug-likeness (QED) is 0.678. The van der Waals surface area contributed by atoms with Gasteiger partial charge in [-0.2, -0.15) is 21.6 Å². The van der Waals surface area contributed by atoms with Crippen LogP contribution in [0, 0.1) is 0 Å². The molecule has 4 N–H and O–H groups in total. The lowest BCUT2D eigenvalue weighted by atomic mass is 10.2. The zero-order valence-corrected chi connectivity index (χ0v) is 10.1. The summed E-state index contributed by atoms with van der Waals surface area (Å²) in [4.78, 5) is 3.49. The minimum atomic E-state index is -4.67. The third-order valence-electron chi connectivity index (χ3n) is 1.44. The molecule has 104 valence electrons. The van der Waals surface area contributed by atoms with Gasteiger partial charge in [0.05, 0.1) is 16.3 Å². The first-order valence-electron chi connectivity index (χ1n) is 4.06. The van der Waals surface area contributed by atoms with Crippen LogP contribution in [0.1, 0.15) is 11.3 Å². The topological polar surface area (TPSA) is 114 Å². The van der Waals surface area contributed by atoms with Gasteiger partial charge in [0.25, 0.3) is 0 Å². The van der Waals surface area contributed by atoms with Crippen molar-refractivity contribution in [2.45, 2.75) is 12.7 Å². The van der Waals surface area contributed by atoms with E-state index in [1.807, 2.05) is 0 Å². The second-order valence-electron chi connectivity index (χ2n) is 2.80. The molecule has 0 unspecified atom stereocenters. The molecular formula is C7H8ClF3N2O4S. The number of aromatic nitrogens is 1. The summed E-state index contributed by atoms with van der Waals surface area (Å²) >= 11 is 5.49. The predicted octanol–water partition coefficient (Wildman–Crippen LogP) is 1.56. The maximum absolute atomic E-state index is 12.1. The second kappa shape index (κ2) is 6.29. The molecule has 1 aromatic heterocycles. The molecule has 1 aromatic rings. The summed E-state index contributed by atoms with van der Waals surface area (Å²) in [6.45, 7) is 0.0248. The lowest BCUT2D eigenvalue weighted by molar-refractivity contribution is -0.137. The highest BCUT2D eigenvalue weighted by atomic mass is 35.5. The summed E-state index contributed by atoms with van der Waals surface area (Å²) in [5, 5.41) is -0.0580. The Balaban J connectivity index is 0.000000494. The molecule has 1 heterocycles. The van der Waals surface area contributed by atoms with Gasteiger partial charge in [0.15, 0.2) is 0 Å². The first-order valence-corrected chi connectivity index (χ1v) is 5.84. The van der Waals surface area contributed by atoms with E-state index >= 15 is 0 Å². The molecule has 6 nitrogen and oxygen atoms in total. The van der Waals surface area contributed by atoms with Gasteiger partial charge < -0.3 is 5.73 Å². The van der Waals surface area contributed by atoms with Gasteiger partial charge in [0.2, 0.25) is 0 Å². The number of pyridine rings is 1. The van der Waals surface area contributed by atoms with E-state index in [2.05, 4.69) is 4.98 Å². The Morgan fingerprint density at radius 1 is 1.39 bits per heavy atom. The van der Waals surface area contributed by atoms with E-state index in [-0.39, 0.29) is 17.3 Å². The number of alkyl halides is 3. The Kier molecular flexibility index (Phi) is 5.96. The number of nitrogens with zero attached hydrogens (tertiary/aromatic N) is 1. The molecule has 0 saturated carbocycles. The zero-order valence-electron chi connectivity index (χ0n) is 8.52. The maximum atomic E-state index is 12.1. The van der Waals surface area contributed by atoms with Crippen molar-refractivity contribution in [3.05, 3.63) is 28.5 Å². The van der Waals surface area contributed by atoms with Crippen molar-refractivity contribution in [2.24, 2.45) is 5.73 Å². The maximum Gasteiger partial charge on any atom is 0.417 e. The summed E-state index contributed by atoms with van der Waals surface area (Å²) in [7, 11) is -4.67. The number of hydrogen-bond acceptors (Lipinski definition) is 4. The van der Waals surface area contributed by atoms with Gasteiger partial charge in [-0.25, -0.2) is 0 Å². The van der Waals surface area contributed by atoms with E-state index < -0.39 is 22.1 Å². The molecule has 0 aliphatic heterocycles. The van der Waals surface area contributed by atoms with Crippen LogP contribution in [0.5, 0.6) is 0 Å². The number of hydrogen-bond donors (Lipinski definition) is 3.